The normalized spacial score (nSPS) is 19.5. The van der Waals surface area contributed by atoms with Gasteiger partial charge in [-0.25, -0.2) is 0 Å². The Morgan fingerprint density at radius 3 is 1.98 bits per heavy atom. The van der Waals surface area contributed by atoms with E-state index in [0.29, 0.717) is 19.4 Å². The van der Waals surface area contributed by atoms with Gasteiger partial charge >= 0.3 is 0 Å². The number of likely N-dealkylation sites (tertiary alicyclic amines) is 1. The molecule has 9 nitrogen and oxygen atoms in total. The molecular formula is C38H45N5O4. The Morgan fingerprint density at radius 2 is 1.49 bits per heavy atom. The van der Waals surface area contributed by atoms with Crippen LogP contribution in [0.25, 0.3) is 0 Å². The van der Waals surface area contributed by atoms with E-state index in [0.717, 1.165) is 74.4 Å². The smallest absolute Gasteiger partial charge is 0.269 e. The Morgan fingerprint density at radius 1 is 0.894 bits per heavy atom. The summed E-state index contributed by atoms with van der Waals surface area (Å²) in [5.74, 6) is -0.397. The third-order valence-corrected chi connectivity index (χ3v) is 9.96. The molecule has 3 aromatic carbocycles. The maximum absolute atomic E-state index is 12.8. The number of rotatable bonds is 14. The lowest BCUT2D eigenvalue weighted by atomic mass is 9.68. The van der Waals surface area contributed by atoms with Crippen molar-refractivity contribution < 1.29 is 14.5 Å². The van der Waals surface area contributed by atoms with Crippen LogP contribution in [-0.2, 0) is 15.0 Å². The van der Waals surface area contributed by atoms with Crippen LogP contribution < -0.4 is 0 Å². The van der Waals surface area contributed by atoms with Gasteiger partial charge in [0.05, 0.1) is 28.3 Å². The molecule has 2 aliphatic heterocycles. The molecule has 2 amide bonds. The summed E-state index contributed by atoms with van der Waals surface area (Å²) in [6.07, 6.45) is 5.70. The van der Waals surface area contributed by atoms with E-state index in [4.69, 9.17) is 4.99 Å². The maximum atomic E-state index is 12.8. The fourth-order valence-electron chi connectivity index (χ4n) is 7.50. The molecule has 1 saturated heterocycles. The first-order valence-corrected chi connectivity index (χ1v) is 16.6. The van der Waals surface area contributed by atoms with Gasteiger partial charge in [0.1, 0.15) is 0 Å². The highest BCUT2D eigenvalue weighted by atomic mass is 16.6. The summed E-state index contributed by atoms with van der Waals surface area (Å²) in [6, 6.07) is 27.7. The highest BCUT2D eigenvalue weighted by Crippen LogP contribution is 2.42. The zero-order valence-corrected chi connectivity index (χ0v) is 27.6. The average Bonchev–Trinajstić information content (AvgIpc) is 3.13. The first-order chi connectivity index (χ1) is 22.9. The monoisotopic (exact) mass is 635 g/mol. The Labute approximate surface area is 277 Å². The van der Waals surface area contributed by atoms with Gasteiger partial charge in [-0.2, -0.15) is 0 Å². The summed E-state index contributed by atoms with van der Waals surface area (Å²) in [7, 11) is 1.72. The average molecular weight is 636 g/mol. The second-order valence-corrected chi connectivity index (χ2v) is 12.5. The Balaban J connectivity index is 1.36. The lowest BCUT2D eigenvalue weighted by molar-refractivity contribution is -0.384. The Kier molecular flexibility index (Phi) is 11.0. The van der Waals surface area contributed by atoms with Crippen LogP contribution in [0.1, 0.15) is 68.6 Å². The number of nitro groups is 1. The number of nitro benzene ring substituents is 1. The molecule has 5 rings (SSSR count). The Hall–Kier alpha value is -4.63. The van der Waals surface area contributed by atoms with Gasteiger partial charge in [-0.15, -0.1) is 0 Å². The molecule has 9 heteroatoms. The summed E-state index contributed by atoms with van der Waals surface area (Å²) in [5, 5.41) is 11.4. The molecule has 0 spiro atoms. The molecule has 2 unspecified atom stereocenters. The number of nitrogens with zero attached hydrogens (tertiary/aromatic N) is 5. The fraction of sp³-hybridized carbons (Fsp3) is 0.395. The molecule has 2 atom stereocenters. The van der Waals surface area contributed by atoms with Gasteiger partial charge in [-0.05, 0) is 68.4 Å². The number of aliphatic imine (C=N–C) groups is 1. The minimum atomic E-state index is -0.422. The van der Waals surface area contributed by atoms with Crippen molar-refractivity contribution >= 4 is 24.2 Å². The van der Waals surface area contributed by atoms with E-state index in [-0.39, 0.29) is 11.1 Å². The maximum Gasteiger partial charge on any atom is 0.269 e. The van der Waals surface area contributed by atoms with Crippen LogP contribution in [0.3, 0.4) is 0 Å². The largest absolute Gasteiger partial charge is 0.339 e. The zero-order chi connectivity index (χ0) is 33.4. The van der Waals surface area contributed by atoms with Crippen molar-refractivity contribution in [3.8, 4) is 0 Å². The second kappa shape index (κ2) is 15.3. The molecule has 246 valence electrons. The molecule has 3 aromatic rings. The highest BCUT2D eigenvalue weighted by Gasteiger charge is 2.40. The number of benzene rings is 3. The van der Waals surface area contributed by atoms with Crippen LogP contribution in [0, 0.1) is 10.1 Å². The lowest BCUT2D eigenvalue weighted by Gasteiger charge is -2.43. The van der Waals surface area contributed by atoms with Crippen LogP contribution in [0.4, 0.5) is 5.69 Å². The molecule has 1 fully saturated rings. The molecule has 0 aromatic heterocycles. The number of carbonyl (C=O) groups is 2. The van der Waals surface area contributed by atoms with E-state index in [1.807, 2.05) is 13.8 Å². The van der Waals surface area contributed by atoms with Gasteiger partial charge in [-0.3, -0.25) is 24.7 Å². The van der Waals surface area contributed by atoms with Crippen LogP contribution in [0.2, 0.25) is 0 Å². The number of hydrogen-bond acceptors (Lipinski definition) is 6. The van der Waals surface area contributed by atoms with Crippen LogP contribution in [-0.4, -0.2) is 77.4 Å². The third kappa shape index (κ3) is 7.05. The zero-order valence-electron chi connectivity index (χ0n) is 27.6. The van der Waals surface area contributed by atoms with E-state index >= 15 is 0 Å². The highest BCUT2D eigenvalue weighted by molar-refractivity contribution is 5.94. The summed E-state index contributed by atoms with van der Waals surface area (Å²) in [5.41, 5.74) is 5.90. The van der Waals surface area contributed by atoms with Crippen LogP contribution >= 0.6 is 0 Å². The standard InChI is InChI=1S/C38H45N5O4/c1-4-33-36(40(3)27-44)35(29-17-19-32(20-18-29)43(46)47)37(34(5-2)39-33)42(28-45)24-12-23-41-25-21-38(22-26-41,30-13-8-6-9-14-30)31-15-10-7-11-16-31/h6-11,13-20,27-28,35-36H,4-5,12,21-26H2,1-3H3. The first-order valence-electron chi connectivity index (χ1n) is 16.6. The van der Waals surface area contributed by atoms with E-state index in [1.54, 1.807) is 29.0 Å². The topological polar surface area (TPSA) is 99.4 Å². The lowest BCUT2D eigenvalue weighted by Crippen LogP contribution is -2.48. The van der Waals surface area contributed by atoms with E-state index in [1.165, 1.54) is 23.3 Å². The molecule has 47 heavy (non-hydrogen) atoms. The minimum Gasteiger partial charge on any atom is -0.339 e. The van der Waals surface area contributed by atoms with Gasteiger partial charge in [-0.1, -0.05) is 86.6 Å². The molecule has 2 heterocycles. The quantitative estimate of drug-likeness (QED) is 0.114. The first kappa shape index (κ1) is 33.7. The molecule has 2 aliphatic rings. The van der Waals surface area contributed by atoms with Crippen LogP contribution in [0.5, 0.6) is 0 Å². The van der Waals surface area contributed by atoms with E-state index < -0.39 is 16.9 Å². The summed E-state index contributed by atoms with van der Waals surface area (Å²) in [6.45, 7) is 7.29. The fourth-order valence-corrected chi connectivity index (χ4v) is 7.50. The summed E-state index contributed by atoms with van der Waals surface area (Å²) < 4.78 is 0. The van der Waals surface area contributed by atoms with Gasteiger partial charge in [0.2, 0.25) is 12.8 Å². The van der Waals surface area contributed by atoms with E-state index in [9.17, 15) is 19.7 Å². The van der Waals surface area contributed by atoms with Gasteiger partial charge in [0.25, 0.3) is 5.69 Å². The van der Waals surface area contributed by atoms with Gasteiger partial charge in [0, 0.05) is 36.9 Å². The van der Waals surface area contributed by atoms with Crippen molar-refractivity contribution in [3.63, 3.8) is 0 Å². The van der Waals surface area contributed by atoms with Crippen molar-refractivity contribution in [2.24, 2.45) is 4.99 Å². The molecule has 0 radical (unpaired) electrons. The second-order valence-electron chi connectivity index (χ2n) is 12.5. The SMILES string of the molecule is CCC1=NC(CC)=C(N(C=O)CCCN2CCC(c3ccccc3)(c3ccccc3)CC2)C(c2ccc([N+](=O)[O-])cc2)C1N(C)C=O. The minimum absolute atomic E-state index is 0.00667. The molecular weight excluding hydrogens is 590 g/mol. The van der Waals surface area contributed by atoms with Gasteiger partial charge < -0.3 is 14.7 Å². The number of piperidine rings is 1. The van der Waals surface area contributed by atoms with Crippen LogP contribution in [0.15, 0.2) is 101 Å². The molecule has 0 N–H and O–H groups in total. The third-order valence-electron chi connectivity index (χ3n) is 9.96. The van der Waals surface area contributed by atoms with E-state index in [2.05, 4.69) is 65.6 Å². The predicted molar refractivity (Wildman–Crippen MR) is 185 cm³/mol. The number of amides is 2. The number of non-ortho nitro benzene ring substituents is 1. The number of likely N-dealkylation sites (N-methyl/N-ethyl adjacent to an activating group) is 1. The summed E-state index contributed by atoms with van der Waals surface area (Å²) in [4.78, 5) is 46.8. The van der Waals surface area contributed by atoms with Crippen molar-refractivity contribution in [2.75, 3.05) is 33.2 Å². The number of allylic oxidation sites excluding steroid dienone is 1. The Bertz CT molecular complexity index is 1540. The summed E-state index contributed by atoms with van der Waals surface area (Å²) >= 11 is 0. The van der Waals surface area contributed by atoms with Gasteiger partial charge in [0.15, 0.2) is 0 Å². The van der Waals surface area contributed by atoms with Crippen molar-refractivity contribution in [1.29, 1.82) is 0 Å². The molecule has 0 aliphatic carbocycles. The van der Waals surface area contributed by atoms with Crippen molar-refractivity contribution in [2.45, 2.75) is 63.3 Å². The predicted octanol–water partition coefficient (Wildman–Crippen LogP) is 6.55. The van der Waals surface area contributed by atoms with Crippen molar-refractivity contribution in [1.82, 2.24) is 14.7 Å². The van der Waals surface area contributed by atoms with Crippen molar-refractivity contribution in [3.05, 3.63) is 123 Å². The molecule has 0 bridgehead atoms. The number of hydrogen-bond donors (Lipinski definition) is 0. The number of carbonyl (C=O) groups excluding carboxylic acids is 2. The molecule has 0 saturated carbocycles.